The van der Waals surface area contributed by atoms with Crippen LogP contribution in [0.25, 0.3) is 0 Å². The Bertz CT molecular complexity index is 649. The highest BCUT2D eigenvalue weighted by Crippen LogP contribution is 2.30. The van der Waals surface area contributed by atoms with Gasteiger partial charge >= 0.3 is 6.18 Å². The quantitative estimate of drug-likeness (QED) is 0.795. The molecule has 1 atom stereocenters. The molecule has 1 aromatic rings. The second-order valence-corrected chi connectivity index (χ2v) is 7.29. The molecular weight excluding hydrogens is 341 g/mol. The van der Waals surface area contributed by atoms with Crippen LogP contribution in [0.1, 0.15) is 43.2 Å². The molecule has 26 heavy (non-hydrogen) atoms. The zero-order chi connectivity index (χ0) is 18.6. The molecule has 1 N–H and O–H groups in total. The van der Waals surface area contributed by atoms with Crippen molar-refractivity contribution in [3.05, 3.63) is 47.5 Å². The van der Waals surface area contributed by atoms with Crippen molar-refractivity contribution < 1.29 is 18.0 Å². The minimum atomic E-state index is -4.30. The smallest absolute Gasteiger partial charge is 0.353 e. The third kappa shape index (κ3) is 5.34. The van der Waals surface area contributed by atoms with E-state index in [-0.39, 0.29) is 11.9 Å². The number of likely N-dealkylation sites (tertiary alicyclic amines) is 1. The molecule has 3 nitrogen and oxygen atoms in total. The van der Waals surface area contributed by atoms with Crippen LogP contribution in [0, 0.1) is 5.92 Å². The molecule has 1 saturated heterocycles. The Kier molecular flexibility index (Phi) is 6.01. The number of nitrogens with zero attached hydrogens (tertiary/aromatic N) is 1. The van der Waals surface area contributed by atoms with Gasteiger partial charge in [0.15, 0.2) is 0 Å². The zero-order valence-corrected chi connectivity index (χ0v) is 14.8. The molecule has 6 heteroatoms. The number of benzene rings is 1. The summed E-state index contributed by atoms with van der Waals surface area (Å²) >= 11 is 0. The molecule has 0 saturated carbocycles. The van der Waals surface area contributed by atoms with E-state index in [1.807, 2.05) is 0 Å². The van der Waals surface area contributed by atoms with Gasteiger partial charge in [0.25, 0.3) is 0 Å². The van der Waals surface area contributed by atoms with Gasteiger partial charge in [-0.2, -0.15) is 13.2 Å². The molecule has 1 fully saturated rings. The van der Waals surface area contributed by atoms with Crippen molar-refractivity contribution in [1.29, 1.82) is 0 Å². The Morgan fingerprint density at radius 2 is 1.96 bits per heavy atom. The number of hydrogen-bond acceptors (Lipinski definition) is 2. The van der Waals surface area contributed by atoms with Gasteiger partial charge in [0.2, 0.25) is 5.91 Å². The summed E-state index contributed by atoms with van der Waals surface area (Å²) in [4.78, 5) is 14.3. The molecule has 0 radical (unpaired) electrons. The van der Waals surface area contributed by atoms with Crippen LogP contribution in [-0.4, -0.2) is 29.9 Å². The van der Waals surface area contributed by atoms with Crippen molar-refractivity contribution in [2.75, 3.05) is 13.1 Å². The third-order valence-electron chi connectivity index (χ3n) is 5.17. The van der Waals surface area contributed by atoms with Gasteiger partial charge in [-0.05, 0) is 43.2 Å². The first-order valence-electron chi connectivity index (χ1n) is 9.24. The van der Waals surface area contributed by atoms with Crippen LogP contribution >= 0.6 is 0 Å². The summed E-state index contributed by atoms with van der Waals surface area (Å²) in [6.45, 7) is 2.08. The lowest BCUT2D eigenvalue weighted by Gasteiger charge is -2.32. The Hall–Kier alpha value is -1.82. The first-order chi connectivity index (χ1) is 12.4. The summed E-state index contributed by atoms with van der Waals surface area (Å²) in [7, 11) is 0. The second-order valence-electron chi connectivity index (χ2n) is 7.29. The Morgan fingerprint density at radius 1 is 1.19 bits per heavy atom. The molecule has 2 aliphatic rings. The number of carbonyl (C=O) groups excluding carboxylic acids is 1. The van der Waals surface area contributed by atoms with Crippen LogP contribution < -0.4 is 5.32 Å². The van der Waals surface area contributed by atoms with E-state index in [4.69, 9.17) is 0 Å². The van der Waals surface area contributed by atoms with Crippen molar-refractivity contribution in [2.24, 2.45) is 5.92 Å². The number of piperidine rings is 1. The van der Waals surface area contributed by atoms with E-state index in [0.29, 0.717) is 24.4 Å². The van der Waals surface area contributed by atoms with E-state index < -0.39 is 11.7 Å². The van der Waals surface area contributed by atoms with Crippen LogP contribution in [0.15, 0.2) is 36.4 Å². The van der Waals surface area contributed by atoms with Gasteiger partial charge in [-0.3, -0.25) is 9.69 Å². The van der Waals surface area contributed by atoms with Gasteiger partial charge in [0.1, 0.15) is 0 Å². The SMILES string of the molecule is O=C(CC1C=CCC1)NC1CCN(Cc2cccc(C(F)(F)F)c2)CC1. The van der Waals surface area contributed by atoms with Crippen molar-refractivity contribution in [2.45, 2.75) is 50.9 Å². The van der Waals surface area contributed by atoms with Crippen LogP contribution in [0.5, 0.6) is 0 Å². The van der Waals surface area contributed by atoms with Crippen LogP contribution in [0.4, 0.5) is 13.2 Å². The molecule has 142 valence electrons. The number of rotatable bonds is 5. The number of alkyl halides is 3. The second kappa shape index (κ2) is 8.25. The fourth-order valence-electron chi connectivity index (χ4n) is 3.73. The fourth-order valence-corrected chi connectivity index (χ4v) is 3.73. The number of carbonyl (C=O) groups is 1. The predicted octanol–water partition coefficient (Wildman–Crippen LogP) is 4.14. The maximum absolute atomic E-state index is 12.8. The van der Waals surface area contributed by atoms with E-state index in [9.17, 15) is 18.0 Å². The van der Waals surface area contributed by atoms with E-state index in [1.54, 1.807) is 6.07 Å². The van der Waals surface area contributed by atoms with Gasteiger partial charge in [-0.1, -0.05) is 30.4 Å². The summed E-state index contributed by atoms with van der Waals surface area (Å²) < 4.78 is 38.4. The van der Waals surface area contributed by atoms with Gasteiger partial charge in [0.05, 0.1) is 5.56 Å². The third-order valence-corrected chi connectivity index (χ3v) is 5.17. The summed E-state index contributed by atoms with van der Waals surface area (Å²) in [6.07, 6.45) is 4.30. The number of hydrogen-bond donors (Lipinski definition) is 1. The van der Waals surface area contributed by atoms with Crippen LogP contribution in [-0.2, 0) is 17.5 Å². The number of allylic oxidation sites excluding steroid dienone is 2. The predicted molar refractivity (Wildman–Crippen MR) is 94.4 cm³/mol. The van der Waals surface area contributed by atoms with Crippen molar-refractivity contribution in [1.82, 2.24) is 10.2 Å². The highest BCUT2D eigenvalue weighted by Gasteiger charge is 2.30. The lowest BCUT2D eigenvalue weighted by molar-refractivity contribution is -0.137. The number of halogens is 3. The topological polar surface area (TPSA) is 32.3 Å². The Labute approximate surface area is 152 Å². The van der Waals surface area contributed by atoms with Crippen LogP contribution in [0.3, 0.4) is 0 Å². The standard InChI is InChI=1S/C20H25F3N2O/c21-20(22,23)17-7-3-6-16(12-17)14-25-10-8-18(9-11-25)24-19(26)13-15-4-1-2-5-15/h1,3-4,6-7,12,15,18H,2,5,8-11,13-14H2,(H,24,26). The summed E-state index contributed by atoms with van der Waals surface area (Å²) in [5.41, 5.74) is 0.0773. The van der Waals surface area contributed by atoms with Crippen molar-refractivity contribution >= 4 is 5.91 Å². The molecule has 0 spiro atoms. The van der Waals surface area contributed by atoms with Crippen molar-refractivity contribution in [3.63, 3.8) is 0 Å². The molecule has 1 amide bonds. The highest BCUT2D eigenvalue weighted by atomic mass is 19.4. The normalized spacial score (nSPS) is 21.9. The fraction of sp³-hybridized carbons (Fsp3) is 0.550. The van der Waals surface area contributed by atoms with Crippen molar-refractivity contribution in [3.8, 4) is 0 Å². The molecular formula is C20H25F3N2O. The summed E-state index contributed by atoms with van der Waals surface area (Å²) in [5, 5.41) is 3.11. The minimum absolute atomic E-state index is 0.109. The first kappa shape index (κ1) is 19.0. The van der Waals surface area contributed by atoms with E-state index in [0.717, 1.165) is 44.8 Å². The molecule has 1 aliphatic carbocycles. The minimum Gasteiger partial charge on any atom is -0.353 e. The number of amides is 1. The molecule has 1 aromatic carbocycles. The maximum Gasteiger partial charge on any atom is 0.416 e. The van der Waals surface area contributed by atoms with Gasteiger partial charge in [-0.15, -0.1) is 0 Å². The largest absolute Gasteiger partial charge is 0.416 e. The van der Waals surface area contributed by atoms with E-state index >= 15 is 0 Å². The average molecular weight is 366 g/mol. The van der Waals surface area contributed by atoms with Crippen LogP contribution in [0.2, 0.25) is 0 Å². The molecule has 1 aliphatic heterocycles. The van der Waals surface area contributed by atoms with E-state index in [1.165, 1.54) is 12.1 Å². The average Bonchev–Trinajstić information content (AvgIpc) is 3.09. The Morgan fingerprint density at radius 3 is 2.62 bits per heavy atom. The van der Waals surface area contributed by atoms with Gasteiger partial charge in [0, 0.05) is 32.1 Å². The summed E-state index contributed by atoms with van der Waals surface area (Å²) in [6, 6.07) is 5.69. The van der Waals surface area contributed by atoms with E-state index in [2.05, 4.69) is 22.4 Å². The summed E-state index contributed by atoms with van der Waals surface area (Å²) in [5.74, 6) is 0.480. The Balaban J connectivity index is 1.44. The number of nitrogens with one attached hydrogen (secondary N) is 1. The first-order valence-corrected chi connectivity index (χ1v) is 9.24. The molecule has 1 heterocycles. The molecule has 3 rings (SSSR count). The molecule has 0 aromatic heterocycles. The molecule has 0 bridgehead atoms. The lowest BCUT2D eigenvalue weighted by atomic mass is 10.0. The zero-order valence-electron chi connectivity index (χ0n) is 14.8. The van der Waals surface area contributed by atoms with Gasteiger partial charge < -0.3 is 5.32 Å². The molecule has 1 unspecified atom stereocenters. The monoisotopic (exact) mass is 366 g/mol. The lowest BCUT2D eigenvalue weighted by Crippen LogP contribution is -2.44. The maximum atomic E-state index is 12.8. The highest BCUT2D eigenvalue weighted by molar-refractivity contribution is 5.76. The van der Waals surface area contributed by atoms with Gasteiger partial charge in [-0.25, -0.2) is 0 Å².